The van der Waals surface area contributed by atoms with E-state index in [4.69, 9.17) is 9.84 Å². The molecule has 1 unspecified atom stereocenters. The van der Waals surface area contributed by atoms with E-state index in [1.807, 2.05) is 18.2 Å². The average molecular weight is 184 g/mol. The quantitative estimate of drug-likeness (QED) is 0.540. The number of para-hydroxylation sites is 1. The Bertz CT molecular complexity index is 190. The summed E-state index contributed by atoms with van der Waals surface area (Å²) < 4.78 is 4.97. The average Bonchev–Trinajstić information content (AvgIpc) is 1.88. The molecule has 56 valence electrons. The summed E-state index contributed by atoms with van der Waals surface area (Å²) in [6.07, 6.45) is -0.734. The van der Waals surface area contributed by atoms with Crippen molar-refractivity contribution in [2.45, 2.75) is 13.2 Å². The van der Waals surface area contributed by atoms with Crippen LogP contribution in [0.1, 0.15) is 6.92 Å². The number of benzene rings is 1. The minimum absolute atomic E-state index is 0. The predicted molar refractivity (Wildman–Crippen MR) is 50.3 cm³/mol. The first-order valence-corrected chi connectivity index (χ1v) is 3.19. The van der Waals surface area contributed by atoms with Crippen LogP contribution in [0.5, 0.6) is 5.75 Å². The van der Waals surface area contributed by atoms with Gasteiger partial charge in [0.2, 0.25) is 0 Å². The Morgan fingerprint density at radius 1 is 1.17 bits per heavy atom. The molecule has 1 N–H and O–H groups in total. The number of ether oxygens (including phenoxy) is 1. The maximum atomic E-state index is 8.78. The van der Waals surface area contributed by atoms with Crippen molar-refractivity contribution in [3.63, 3.8) is 0 Å². The molecule has 1 aromatic carbocycles. The summed E-state index contributed by atoms with van der Waals surface area (Å²) in [5.41, 5.74) is 0. The van der Waals surface area contributed by atoms with Gasteiger partial charge in [-0.15, -0.1) is 0 Å². The smallest absolute Gasteiger partial charge is 0.194 e. The first-order chi connectivity index (χ1) is 4.79. The second-order valence-corrected chi connectivity index (χ2v) is 2.03. The van der Waals surface area contributed by atoms with E-state index < -0.39 is 6.29 Å². The van der Waals surface area contributed by atoms with Crippen LogP contribution in [-0.4, -0.2) is 70.5 Å². The van der Waals surface area contributed by atoms with Crippen molar-refractivity contribution in [3.05, 3.63) is 30.3 Å². The van der Waals surface area contributed by atoms with Gasteiger partial charge in [0, 0.05) is 59.1 Å². The number of hydrogen-bond donors (Lipinski definition) is 1. The fourth-order valence-electron chi connectivity index (χ4n) is 0.696. The van der Waals surface area contributed by atoms with Gasteiger partial charge in [0.05, 0.1) is 0 Å². The monoisotopic (exact) mass is 184 g/mol. The topological polar surface area (TPSA) is 29.5 Å². The Labute approximate surface area is 117 Å². The zero-order valence-electron chi connectivity index (χ0n) is 7.82. The molecule has 0 fully saturated rings. The molecule has 0 bridgehead atoms. The van der Waals surface area contributed by atoms with Crippen molar-refractivity contribution in [1.29, 1.82) is 0 Å². The minimum Gasteiger partial charge on any atom is -0.465 e. The van der Waals surface area contributed by atoms with Crippen LogP contribution >= 0.6 is 0 Å². The summed E-state index contributed by atoms with van der Waals surface area (Å²) in [5.74, 6) is 0.692. The standard InChI is InChI=1S/C8H10O2.2Na/c1-7(9)10-8-5-3-2-4-6-8;;/h2-7,9H,1H3;;. The van der Waals surface area contributed by atoms with Gasteiger partial charge in [-0.25, -0.2) is 0 Å². The molecule has 0 aliphatic heterocycles. The van der Waals surface area contributed by atoms with E-state index in [9.17, 15) is 0 Å². The number of aliphatic hydroxyl groups is 1. The van der Waals surface area contributed by atoms with Gasteiger partial charge in [0.15, 0.2) is 6.29 Å². The van der Waals surface area contributed by atoms with E-state index in [0.29, 0.717) is 5.75 Å². The Balaban J connectivity index is 0. The molecular formula is C8H10Na2O2. The van der Waals surface area contributed by atoms with E-state index in [1.165, 1.54) is 0 Å². The summed E-state index contributed by atoms with van der Waals surface area (Å²) in [5, 5.41) is 8.78. The van der Waals surface area contributed by atoms with Crippen molar-refractivity contribution in [2.75, 3.05) is 0 Å². The van der Waals surface area contributed by atoms with Gasteiger partial charge in [-0.05, 0) is 19.1 Å². The fraction of sp³-hybridized carbons (Fsp3) is 0.250. The van der Waals surface area contributed by atoms with Crippen molar-refractivity contribution in [3.8, 4) is 5.75 Å². The van der Waals surface area contributed by atoms with Gasteiger partial charge in [-0.2, -0.15) is 0 Å². The molecule has 0 aliphatic rings. The van der Waals surface area contributed by atoms with E-state index in [2.05, 4.69) is 0 Å². The second kappa shape index (κ2) is 8.57. The van der Waals surface area contributed by atoms with Gasteiger partial charge in [-0.1, -0.05) is 18.2 Å². The molecule has 0 aliphatic carbocycles. The first kappa shape index (κ1) is 15.5. The van der Waals surface area contributed by atoms with E-state index in [1.54, 1.807) is 19.1 Å². The van der Waals surface area contributed by atoms with Crippen molar-refractivity contribution >= 4 is 59.1 Å². The summed E-state index contributed by atoms with van der Waals surface area (Å²) in [4.78, 5) is 0. The molecule has 4 heteroatoms. The zero-order valence-corrected chi connectivity index (χ0v) is 11.8. The molecule has 1 aromatic rings. The molecule has 2 nitrogen and oxygen atoms in total. The Morgan fingerprint density at radius 3 is 2.08 bits per heavy atom. The Kier molecular flexibility index (Phi) is 11.0. The van der Waals surface area contributed by atoms with Crippen LogP contribution in [0, 0.1) is 0 Å². The van der Waals surface area contributed by atoms with E-state index >= 15 is 0 Å². The van der Waals surface area contributed by atoms with Crippen LogP contribution in [-0.2, 0) is 0 Å². The molecule has 0 spiro atoms. The van der Waals surface area contributed by atoms with Gasteiger partial charge < -0.3 is 9.84 Å². The molecule has 0 heterocycles. The predicted octanol–water partition coefficient (Wildman–Crippen LogP) is 0.642. The number of aliphatic hydroxyl groups excluding tert-OH is 1. The van der Waals surface area contributed by atoms with E-state index in [-0.39, 0.29) is 59.1 Å². The molecule has 2 radical (unpaired) electrons. The molecule has 0 saturated carbocycles. The summed E-state index contributed by atoms with van der Waals surface area (Å²) in [6.45, 7) is 1.58. The molecule has 1 rings (SSSR count). The molecule has 0 saturated heterocycles. The number of hydrogen-bond acceptors (Lipinski definition) is 2. The normalized spacial score (nSPS) is 10.5. The van der Waals surface area contributed by atoms with Gasteiger partial charge in [0.25, 0.3) is 0 Å². The van der Waals surface area contributed by atoms with Crippen LogP contribution < -0.4 is 4.74 Å². The van der Waals surface area contributed by atoms with Gasteiger partial charge in [-0.3, -0.25) is 0 Å². The van der Waals surface area contributed by atoms with Crippen molar-refractivity contribution < 1.29 is 9.84 Å². The first-order valence-electron chi connectivity index (χ1n) is 3.19. The fourth-order valence-corrected chi connectivity index (χ4v) is 0.696. The van der Waals surface area contributed by atoms with Gasteiger partial charge in [0.1, 0.15) is 5.75 Å². The summed E-state index contributed by atoms with van der Waals surface area (Å²) >= 11 is 0. The largest absolute Gasteiger partial charge is 0.465 e. The summed E-state index contributed by atoms with van der Waals surface area (Å²) in [6, 6.07) is 9.21. The third kappa shape index (κ3) is 6.49. The van der Waals surface area contributed by atoms with E-state index in [0.717, 1.165) is 0 Å². The SMILES string of the molecule is CC(O)Oc1ccccc1.[Na].[Na]. The maximum absolute atomic E-state index is 8.78. The molecule has 0 amide bonds. The maximum Gasteiger partial charge on any atom is 0.194 e. The van der Waals surface area contributed by atoms with Crippen LogP contribution in [0.4, 0.5) is 0 Å². The third-order valence-electron chi connectivity index (χ3n) is 1.05. The molecule has 12 heavy (non-hydrogen) atoms. The van der Waals surface area contributed by atoms with Gasteiger partial charge >= 0.3 is 0 Å². The summed E-state index contributed by atoms with van der Waals surface area (Å²) in [7, 11) is 0. The van der Waals surface area contributed by atoms with Crippen LogP contribution in [0.3, 0.4) is 0 Å². The molecule has 1 atom stereocenters. The van der Waals surface area contributed by atoms with Crippen molar-refractivity contribution in [2.24, 2.45) is 0 Å². The molecule has 0 aromatic heterocycles. The zero-order chi connectivity index (χ0) is 7.40. The van der Waals surface area contributed by atoms with Crippen LogP contribution in [0.2, 0.25) is 0 Å². The molecular weight excluding hydrogens is 174 g/mol. The third-order valence-corrected chi connectivity index (χ3v) is 1.05. The van der Waals surface area contributed by atoms with Crippen LogP contribution in [0.25, 0.3) is 0 Å². The van der Waals surface area contributed by atoms with Crippen LogP contribution in [0.15, 0.2) is 30.3 Å². The number of rotatable bonds is 2. The Hall–Kier alpha value is 0.980. The minimum atomic E-state index is -0.734. The van der Waals surface area contributed by atoms with Crippen molar-refractivity contribution in [1.82, 2.24) is 0 Å². The second-order valence-electron chi connectivity index (χ2n) is 2.03. The Morgan fingerprint density at radius 2 is 1.67 bits per heavy atom.